The van der Waals surface area contributed by atoms with Crippen molar-refractivity contribution < 1.29 is 17.6 Å². The van der Waals surface area contributed by atoms with Crippen molar-refractivity contribution in [2.75, 3.05) is 0 Å². The van der Waals surface area contributed by atoms with Gasteiger partial charge < -0.3 is 0 Å². The van der Waals surface area contributed by atoms with Crippen LogP contribution in [-0.2, 0) is 0 Å². The molecule has 5 heteroatoms. The molecule has 0 atom stereocenters. The summed E-state index contributed by atoms with van der Waals surface area (Å²) in [5.41, 5.74) is 0.426. The van der Waals surface area contributed by atoms with Gasteiger partial charge in [-0.3, -0.25) is 0 Å². The van der Waals surface area contributed by atoms with Crippen molar-refractivity contribution >= 4 is 8.80 Å². The first kappa shape index (κ1) is 22.6. The smallest absolute Gasteiger partial charge is 0.159 e. The fraction of sp³-hybridized carbons (Fsp3) is 0.538. The van der Waals surface area contributed by atoms with Crippen LogP contribution in [0, 0.1) is 35.1 Å². The summed E-state index contributed by atoms with van der Waals surface area (Å²) in [6, 6.07) is 10.2. The van der Waals surface area contributed by atoms with Gasteiger partial charge in [0.1, 0.15) is 11.6 Å². The van der Waals surface area contributed by atoms with E-state index in [0.29, 0.717) is 5.56 Å². The average Bonchev–Trinajstić information content (AvgIpc) is 2.76. The van der Waals surface area contributed by atoms with Gasteiger partial charge in [0, 0.05) is 8.80 Å². The molecular formula is C26H32F4Si. The standard InChI is InChI=1S/C26H32F4Si/c1-2-11-31-12-9-19(10-13-31)17-3-5-18(6-4-17)21-15-24(29)26(25(30)16-21)20-7-8-22(27)23(28)14-20/h7-8,14-19,31H,2-6,9-13H2,1H3/t17-,18-,19-,31-. The Balaban J connectivity index is 1.40. The van der Waals surface area contributed by atoms with Gasteiger partial charge >= 0.3 is 0 Å². The maximum absolute atomic E-state index is 14.8. The van der Waals surface area contributed by atoms with E-state index < -0.39 is 32.1 Å². The first-order chi connectivity index (χ1) is 15.0. The topological polar surface area (TPSA) is 0 Å². The molecule has 1 saturated heterocycles. The summed E-state index contributed by atoms with van der Waals surface area (Å²) in [6.45, 7) is 2.30. The van der Waals surface area contributed by atoms with Crippen LogP contribution in [0.1, 0.15) is 63.4 Å². The Kier molecular flexibility index (Phi) is 7.20. The van der Waals surface area contributed by atoms with Gasteiger partial charge in [-0.15, -0.1) is 0 Å². The molecule has 1 saturated carbocycles. The first-order valence-corrected chi connectivity index (χ1v) is 14.4. The van der Waals surface area contributed by atoms with Gasteiger partial charge in [-0.2, -0.15) is 0 Å². The van der Waals surface area contributed by atoms with Crippen LogP contribution in [0.5, 0.6) is 0 Å². The molecular weight excluding hydrogens is 416 g/mol. The molecule has 1 aliphatic heterocycles. The Hall–Kier alpha value is -1.62. The van der Waals surface area contributed by atoms with Gasteiger partial charge in [0.15, 0.2) is 11.6 Å². The van der Waals surface area contributed by atoms with E-state index in [9.17, 15) is 17.6 Å². The van der Waals surface area contributed by atoms with Crippen molar-refractivity contribution in [3.63, 3.8) is 0 Å². The molecule has 0 unspecified atom stereocenters. The molecule has 31 heavy (non-hydrogen) atoms. The molecule has 1 aliphatic carbocycles. The molecule has 2 aromatic rings. The van der Waals surface area contributed by atoms with E-state index in [1.54, 1.807) is 0 Å². The van der Waals surface area contributed by atoms with Crippen LogP contribution >= 0.6 is 0 Å². The molecule has 1 heterocycles. The van der Waals surface area contributed by atoms with Crippen molar-refractivity contribution in [2.45, 2.75) is 75.9 Å². The molecule has 168 valence electrons. The van der Waals surface area contributed by atoms with Crippen molar-refractivity contribution in [1.29, 1.82) is 0 Å². The minimum absolute atomic E-state index is 0.0198. The van der Waals surface area contributed by atoms with Crippen molar-refractivity contribution in [3.05, 3.63) is 59.2 Å². The van der Waals surface area contributed by atoms with Crippen molar-refractivity contribution in [3.8, 4) is 11.1 Å². The lowest BCUT2D eigenvalue weighted by atomic mass is 9.72. The lowest BCUT2D eigenvalue weighted by molar-refractivity contribution is 0.216. The highest BCUT2D eigenvalue weighted by atomic mass is 28.3. The second kappa shape index (κ2) is 9.89. The number of benzene rings is 2. The zero-order chi connectivity index (χ0) is 22.0. The third-order valence-corrected chi connectivity index (χ3v) is 11.5. The summed E-state index contributed by atoms with van der Waals surface area (Å²) in [6.07, 6.45) is 8.37. The maximum atomic E-state index is 14.8. The number of rotatable bonds is 5. The molecule has 0 spiro atoms. The van der Waals surface area contributed by atoms with Crippen molar-refractivity contribution in [1.82, 2.24) is 0 Å². The second-order valence-corrected chi connectivity index (χ2v) is 13.1. The molecule has 0 amide bonds. The highest BCUT2D eigenvalue weighted by Crippen LogP contribution is 2.44. The quantitative estimate of drug-likeness (QED) is 0.319. The van der Waals surface area contributed by atoms with Crippen LogP contribution in [-0.4, -0.2) is 8.80 Å². The summed E-state index contributed by atoms with van der Waals surface area (Å²) < 4.78 is 56.3. The van der Waals surface area contributed by atoms with Crippen molar-refractivity contribution in [2.24, 2.45) is 11.8 Å². The Morgan fingerprint density at radius 2 is 1.35 bits per heavy atom. The lowest BCUT2D eigenvalue weighted by Gasteiger charge is -2.37. The van der Waals surface area contributed by atoms with E-state index in [4.69, 9.17) is 0 Å². The highest BCUT2D eigenvalue weighted by Gasteiger charge is 2.32. The molecule has 2 aromatic carbocycles. The van der Waals surface area contributed by atoms with Gasteiger partial charge in [0.2, 0.25) is 0 Å². The zero-order valence-corrected chi connectivity index (χ0v) is 19.4. The number of halogens is 4. The molecule has 4 rings (SSSR count). The van der Waals surface area contributed by atoms with Crippen LogP contribution < -0.4 is 0 Å². The van der Waals surface area contributed by atoms with Crippen LogP contribution in [0.2, 0.25) is 18.1 Å². The third kappa shape index (κ3) is 5.07. The van der Waals surface area contributed by atoms with Gasteiger partial charge in [0.05, 0.1) is 5.56 Å². The van der Waals surface area contributed by atoms with Crippen LogP contribution in [0.3, 0.4) is 0 Å². The predicted molar refractivity (Wildman–Crippen MR) is 121 cm³/mol. The lowest BCUT2D eigenvalue weighted by Crippen LogP contribution is -2.28. The summed E-state index contributed by atoms with van der Waals surface area (Å²) in [4.78, 5) is 0. The Labute approximate surface area is 184 Å². The van der Waals surface area contributed by atoms with Gasteiger partial charge in [-0.05, 0) is 78.8 Å². The van der Waals surface area contributed by atoms with Crippen LogP contribution in [0.4, 0.5) is 17.6 Å². The molecule has 0 radical (unpaired) electrons. The second-order valence-electron chi connectivity index (χ2n) is 9.67. The molecule has 0 N–H and O–H groups in total. The fourth-order valence-electron chi connectivity index (χ4n) is 6.04. The van der Waals surface area contributed by atoms with Crippen LogP contribution in [0.25, 0.3) is 11.1 Å². The Morgan fingerprint density at radius 3 is 1.94 bits per heavy atom. The SMILES string of the molecule is CCC[Si@H]1CC[C@H]([C@H]2CC[C@H](c3cc(F)c(-c4ccc(F)c(F)c4)c(F)c3)CC2)CC1. The van der Waals surface area contributed by atoms with Crippen LogP contribution in [0.15, 0.2) is 30.3 Å². The Morgan fingerprint density at radius 1 is 0.742 bits per heavy atom. The molecule has 2 aliphatic rings. The predicted octanol–water partition coefficient (Wildman–Crippen LogP) is 8.23. The first-order valence-electron chi connectivity index (χ1n) is 11.9. The van der Waals surface area contributed by atoms with E-state index in [1.807, 2.05) is 0 Å². The molecule has 0 bridgehead atoms. The summed E-state index contributed by atoms with van der Waals surface area (Å²) in [5, 5.41) is 0. The van der Waals surface area contributed by atoms with Gasteiger partial charge in [0.25, 0.3) is 0 Å². The van der Waals surface area contributed by atoms with Gasteiger partial charge in [-0.25, -0.2) is 17.6 Å². The van der Waals surface area contributed by atoms with Gasteiger partial charge in [-0.1, -0.05) is 50.4 Å². The minimum Gasteiger partial charge on any atom is -0.206 e. The summed E-state index contributed by atoms with van der Waals surface area (Å²) in [7, 11) is -0.457. The normalized spacial score (nSPS) is 26.7. The molecule has 0 aromatic heterocycles. The van der Waals surface area contributed by atoms with E-state index in [1.165, 1.54) is 55.6 Å². The number of hydrogen-bond donors (Lipinski definition) is 0. The monoisotopic (exact) mass is 448 g/mol. The molecule has 2 fully saturated rings. The summed E-state index contributed by atoms with van der Waals surface area (Å²) in [5.74, 6) is -1.76. The molecule has 0 nitrogen and oxygen atoms in total. The summed E-state index contributed by atoms with van der Waals surface area (Å²) >= 11 is 0. The number of hydrogen-bond acceptors (Lipinski definition) is 0. The van der Waals surface area contributed by atoms with E-state index in [2.05, 4.69) is 6.92 Å². The highest BCUT2D eigenvalue weighted by molar-refractivity contribution is 6.58. The van der Waals surface area contributed by atoms with E-state index in [0.717, 1.165) is 49.7 Å². The third-order valence-electron chi connectivity index (χ3n) is 7.77. The van der Waals surface area contributed by atoms with E-state index in [-0.39, 0.29) is 17.0 Å². The Bertz CT molecular complexity index is 873. The largest absolute Gasteiger partial charge is 0.206 e. The zero-order valence-electron chi connectivity index (χ0n) is 18.3. The fourth-order valence-corrected chi connectivity index (χ4v) is 9.52. The maximum Gasteiger partial charge on any atom is 0.159 e. The average molecular weight is 449 g/mol. The van der Waals surface area contributed by atoms with E-state index >= 15 is 0 Å². The minimum atomic E-state index is -1.11.